The first-order valence-electron chi connectivity index (χ1n) is 5.47. The molecule has 0 saturated heterocycles. The Morgan fingerprint density at radius 1 is 1.31 bits per heavy atom. The summed E-state index contributed by atoms with van der Waals surface area (Å²) in [5.41, 5.74) is 3.22. The van der Waals surface area contributed by atoms with E-state index in [1.807, 2.05) is 23.0 Å². The lowest BCUT2D eigenvalue weighted by molar-refractivity contribution is 0.693. The zero-order chi connectivity index (χ0) is 10.8. The average molecular weight is 251 g/mol. The van der Waals surface area contributed by atoms with Crippen LogP contribution in [0.2, 0.25) is 0 Å². The van der Waals surface area contributed by atoms with Crippen LogP contribution in [0.15, 0.2) is 11.7 Å². The van der Waals surface area contributed by atoms with Crippen molar-refractivity contribution in [3.63, 3.8) is 0 Å². The van der Waals surface area contributed by atoms with Crippen molar-refractivity contribution in [2.45, 2.75) is 32.4 Å². The quantitative estimate of drug-likeness (QED) is 0.906. The third kappa shape index (κ3) is 2.16. The molecule has 0 unspecified atom stereocenters. The van der Waals surface area contributed by atoms with Gasteiger partial charge in [-0.3, -0.25) is 4.98 Å². The number of aryl methyl sites for hydroxylation is 2. The molecule has 0 atom stereocenters. The van der Waals surface area contributed by atoms with Crippen LogP contribution in [0.3, 0.4) is 0 Å². The zero-order valence-electron chi connectivity index (χ0n) is 8.90. The average Bonchev–Trinajstić information content (AvgIpc) is 2.91. The van der Waals surface area contributed by atoms with Gasteiger partial charge in [-0.15, -0.1) is 22.7 Å². The number of nitrogens with one attached hydrogen (secondary N) is 1. The fraction of sp³-hybridized carbons (Fsp3) is 0.455. The summed E-state index contributed by atoms with van der Waals surface area (Å²) in [6.45, 7) is 1.78. The molecule has 84 valence electrons. The van der Waals surface area contributed by atoms with Crippen molar-refractivity contribution in [1.82, 2.24) is 15.3 Å². The molecule has 16 heavy (non-hydrogen) atoms. The fourth-order valence-corrected chi connectivity index (χ4v) is 3.63. The van der Waals surface area contributed by atoms with E-state index in [2.05, 4.69) is 15.3 Å². The number of hydrogen-bond acceptors (Lipinski definition) is 5. The molecule has 0 aliphatic heterocycles. The monoisotopic (exact) mass is 251 g/mol. The Balaban J connectivity index is 1.54. The predicted octanol–water partition coefficient (Wildman–Crippen LogP) is 2.38. The van der Waals surface area contributed by atoms with Crippen molar-refractivity contribution in [2.75, 3.05) is 0 Å². The van der Waals surface area contributed by atoms with Crippen LogP contribution in [0, 0.1) is 0 Å². The van der Waals surface area contributed by atoms with E-state index in [0.717, 1.165) is 13.1 Å². The Morgan fingerprint density at radius 3 is 3.12 bits per heavy atom. The summed E-state index contributed by atoms with van der Waals surface area (Å²) in [7, 11) is 0. The molecule has 0 radical (unpaired) electrons. The number of rotatable bonds is 4. The van der Waals surface area contributed by atoms with Gasteiger partial charge in [-0.25, -0.2) is 4.98 Å². The molecular weight excluding hydrogens is 238 g/mol. The van der Waals surface area contributed by atoms with E-state index in [9.17, 15) is 0 Å². The molecule has 0 fully saturated rings. The van der Waals surface area contributed by atoms with E-state index in [1.54, 1.807) is 11.3 Å². The SMILES string of the molecule is c1ncc(CNCc2nc3c(s2)CCC3)s1. The smallest absolute Gasteiger partial charge is 0.107 e. The van der Waals surface area contributed by atoms with Crippen molar-refractivity contribution in [3.8, 4) is 0 Å². The first-order valence-corrected chi connectivity index (χ1v) is 7.17. The number of hydrogen-bond donors (Lipinski definition) is 1. The van der Waals surface area contributed by atoms with Gasteiger partial charge in [0.1, 0.15) is 5.01 Å². The number of aromatic nitrogens is 2. The Labute approximate surface area is 103 Å². The van der Waals surface area contributed by atoms with E-state index < -0.39 is 0 Å². The number of fused-ring (bicyclic) bond motifs is 1. The van der Waals surface area contributed by atoms with Crippen LogP contribution < -0.4 is 5.32 Å². The van der Waals surface area contributed by atoms with Crippen molar-refractivity contribution in [3.05, 3.63) is 32.2 Å². The van der Waals surface area contributed by atoms with Crippen LogP contribution >= 0.6 is 22.7 Å². The summed E-state index contributed by atoms with van der Waals surface area (Å²) in [6, 6.07) is 0. The van der Waals surface area contributed by atoms with Crippen molar-refractivity contribution in [2.24, 2.45) is 0 Å². The summed E-state index contributed by atoms with van der Waals surface area (Å²) in [4.78, 5) is 11.5. The molecule has 3 rings (SSSR count). The maximum atomic E-state index is 4.65. The second-order valence-corrected chi connectivity index (χ2v) is 6.04. The summed E-state index contributed by atoms with van der Waals surface area (Å²) in [6.07, 6.45) is 5.63. The minimum absolute atomic E-state index is 0.884. The number of nitrogens with zero attached hydrogens (tertiary/aromatic N) is 2. The van der Waals surface area contributed by atoms with Gasteiger partial charge in [0.15, 0.2) is 0 Å². The molecule has 0 amide bonds. The molecule has 5 heteroatoms. The van der Waals surface area contributed by atoms with E-state index >= 15 is 0 Å². The fourth-order valence-electron chi connectivity index (χ4n) is 1.94. The normalized spacial score (nSPS) is 14.2. The van der Waals surface area contributed by atoms with Crippen LogP contribution in [-0.2, 0) is 25.9 Å². The zero-order valence-corrected chi connectivity index (χ0v) is 10.5. The molecule has 0 spiro atoms. The van der Waals surface area contributed by atoms with Crippen molar-refractivity contribution >= 4 is 22.7 Å². The Bertz CT molecular complexity index is 440. The van der Waals surface area contributed by atoms with Gasteiger partial charge in [-0.1, -0.05) is 0 Å². The molecular formula is C11H13N3S2. The first-order chi connectivity index (χ1) is 7.92. The molecule has 3 nitrogen and oxygen atoms in total. The van der Waals surface area contributed by atoms with Gasteiger partial charge in [0.25, 0.3) is 0 Å². The number of thiazole rings is 2. The lowest BCUT2D eigenvalue weighted by Gasteiger charge is -1.99. The predicted molar refractivity (Wildman–Crippen MR) is 66.8 cm³/mol. The molecule has 2 aromatic rings. The molecule has 2 heterocycles. The maximum absolute atomic E-state index is 4.65. The topological polar surface area (TPSA) is 37.8 Å². The highest BCUT2D eigenvalue weighted by atomic mass is 32.1. The molecule has 1 aliphatic rings. The van der Waals surface area contributed by atoms with Gasteiger partial charge in [0.05, 0.1) is 11.2 Å². The van der Waals surface area contributed by atoms with E-state index in [1.165, 1.54) is 39.7 Å². The molecule has 1 aliphatic carbocycles. The third-order valence-electron chi connectivity index (χ3n) is 2.70. The molecule has 0 saturated carbocycles. The van der Waals surface area contributed by atoms with Crippen LogP contribution in [0.25, 0.3) is 0 Å². The van der Waals surface area contributed by atoms with E-state index in [-0.39, 0.29) is 0 Å². The second-order valence-electron chi connectivity index (χ2n) is 3.90. The van der Waals surface area contributed by atoms with E-state index in [0.29, 0.717) is 0 Å². The Hall–Kier alpha value is -0.780. The van der Waals surface area contributed by atoms with Gasteiger partial charge >= 0.3 is 0 Å². The minimum Gasteiger partial charge on any atom is -0.305 e. The van der Waals surface area contributed by atoms with Crippen LogP contribution in [0.4, 0.5) is 0 Å². The van der Waals surface area contributed by atoms with Gasteiger partial charge in [-0.05, 0) is 19.3 Å². The Morgan fingerprint density at radius 2 is 2.31 bits per heavy atom. The summed E-state index contributed by atoms with van der Waals surface area (Å²) < 4.78 is 0. The maximum Gasteiger partial charge on any atom is 0.107 e. The van der Waals surface area contributed by atoms with Gasteiger partial charge < -0.3 is 5.32 Å². The van der Waals surface area contributed by atoms with Gasteiger partial charge in [-0.2, -0.15) is 0 Å². The van der Waals surface area contributed by atoms with Crippen LogP contribution in [0.5, 0.6) is 0 Å². The highest BCUT2D eigenvalue weighted by Crippen LogP contribution is 2.27. The standard InChI is InChI=1S/C11H13N3S2/c1-2-9-10(3-1)16-11(14-9)6-12-4-8-5-13-7-15-8/h5,7,12H,1-4,6H2. The Kier molecular flexibility index (Phi) is 2.99. The molecule has 0 aromatic carbocycles. The van der Waals surface area contributed by atoms with Crippen LogP contribution in [0.1, 0.15) is 26.9 Å². The second kappa shape index (κ2) is 4.61. The molecule has 1 N–H and O–H groups in total. The first kappa shape index (κ1) is 10.4. The van der Waals surface area contributed by atoms with Crippen molar-refractivity contribution in [1.29, 1.82) is 0 Å². The van der Waals surface area contributed by atoms with Crippen LogP contribution in [-0.4, -0.2) is 9.97 Å². The summed E-state index contributed by atoms with van der Waals surface area (Å²) in [5, 5.41) is 4.64. The third-order valence-corrected chi connectivity index (χ3v) is 4.64. The minimum atomic E-state index is 0.884. The summed E-state index contributed by atoms with van der Waals surface area (Å²) in [5.74, 6) is 0. The van der Waals surface area contributed by atoms with Gasteiger partial charge in [0, 0.05) is 29.0 Å². The highest BCUT2D eigenvalue weighted by Gasteiger charge is 2.16. The highest BCUT2D eigenvalue weighted by molar-refractivity contribution is 7.11. The lowest BCUT2D eigenvalue weighted by Crippen LogP contribution is -2.11. The summed E-state index contributed by atoms with van der Waals surface area (Å²) >= 11 is 3.56. The molecule has 2 aromatic heterocycles. The van der Waals surface area contributed by atoms with Crippen molar-refractivity contribution < 1.29 is 0 Å². The van der Waals surface area contributed by atoms with Gasteiger partial charge in [0.2, 0.25) is 0 Å². The van der Waals surface area contributed by atoms with E-state index in [4.69, 9.17) is 0 Å². The lowest BCUT2D eigenvalue weighted by atomic mass is 10.4. The molecule has 0 bridgehead atoms. The largest absolute Gasteiger partial charge is 0.305 e.